The van der Waals surface area contributed by atoms with Crippen molar-refractivity contribution in [2.24, 2.45) is 17.8 Å². The Morgan fingerprint density at radius 2 is 1.67 bits per heavy atom. The van der Waals surface area contributed by atoms with E-state index in [9.17, 15) is 24.5 Å². The highest BCUT2D eigenvalue weighted by molar-refractivity contribution is 6.36. The van der Waals surface area contributed by atoms with Crippen molar-refractivity contribution in [1.29, 1.82) is 0 Å². The zero-order valence-corrected chi connectivity index (χ0v) is 22.8. The number of anilines is 1. The first kappa shape index (κ1) is 25.9. The quantitative estimate of drug-likeness (QED) is 0.0965. The van der Waals surface area contributed by atoms with Crippen molar-refractivity contribution in [2.75, 3.05) is 12.0 Å². The van der Waals surface area contributed by atoms with E-state index in [1.807, 2.05) is 54.6 Å². The second kappa shape index (κ2) is 9.53. The maximum Gasteiger partial charge on any atom is 0.319 e. The van der Waals surface area contributed by atoms with E-state index in [0.29, 0.717) is 22.6 Å². The predicted molar refractivity (Wildman–Crippen MR) is 154 cm³/mol. The second-order valence-corrected chi connectivity index (χ2v) is 10.8. The Bertz CT molecular complexity index is 1880. The maximum atomic E-state index is 14.2. The number of carbonyl (C=O) groups excluding carboxylic acids is 3. The van der Waals surface area contributed by atoms with E-state index >= 15 is 0 Å². The normalized spacial score (nSPS) is 22.7. The van der Waals surface area contributed by atoms with Crippen LogP contribution in [0.25, 0.3) is 16.3 Å². The van der Waals surface area contributed by atoms with Crippen LogP contribution in [0.3, 0.4) is 0 Å². The minimum Gasteiger partial charge on any atom is -0.497 e. The first-order valence-electron chi connectivity index (χ1n) is 13.2. The van der Waals surface area contributed by atoms with Gasteiger partial charge in [-0.3, -0.25) is 24.5 Å². The van der Waals surface area contributed by atoms with Gasteiger partial charge in [0.15, 0.2) is 0 Å². The number of nitrogens with zero attached hydrogens (tertiary/aromatic N) is 2. The van der Waals surface area contributed by atoms with Gasteiger partial charge in [0.1, 0.15) is 11.5 Å². The number of carbonyl (C=O) groups is 3. The van der Waals surface area contributed by atoms with Crippen LogP contribution in [0.15, 0.2) is 84.9 Å². The van der Waals surface area contributed by atoms with E-state index in [0.717, 1.165) is 27.3 Å². The van der Waals surface area contributed by atoms with Crippen molar-refractivity contribution >= 4 is 57.1 Å². The van der Waals surface area contributed by atoms with E-state index in [1.165, 1.54) is 12.1 Å². The van der Waals surface area contributed by atoms with Gasteiger partial charge in [0.05, 0.1) is 40.5 Å². The van der Waals surface area contributed by atoms with Crippen LogP contribution in [-0.2, 0) is 14.4 Å². The molecule has 3 aliphatic rings. The fourth-order valence-electron chi connectivity index (χ4n) is 6.46. The number of allylic oxidation sites excluding steroid dienone is 1. The van der Waals surface area contributed by atoms with E-state index in [-0.39, 0.29) is 16.4 Å². The maximum absolute atomic E-state index is 14.2. The number of methoxy groups -OCH3 is 1. The van der Waals surface area contributed by atoms with Gasteiger partial charge in [0.25, 0.3) is 5.69 Å². The number of rotatable bonds is 4. The Kier molecular flexibility index (Phi) is 5.88. The highest BCUT2D eigenvalue weighted by atomic mass is 35.5. The molecule has 0 N–H and O–H groups in total. The van der Waals surface area contributed by atoms with Crippen molar-refractivity contribution in [3.63, 3.8) is 0 Å². The van der Waals surface area contributed by atoms with E-state index in [4.69, 9.17) is 21.1 Å². The summed E-state index contributed by atoms with van der Waals surface area (Å²) < 4.78 is 11.2. The molecule has 4 aromatic rings. The number of imide groups is 1. The Morgan fingerprint density at radius 1 is 0.929 bits per heavy atom. The van der Waals surface area contributed by atoms with Crippen LogP contribution in [-0.4, -0.2) is 29.8 Å². The summed E-state index contributed by atoms with van der Waals surface area (Å²) in [5, 5.41) is 13.2. The molecule has 0 spiro atoms. The number of nitro benzene ring substituents is 1. The minimum atomic E-state index is -1.12. The second-order valence-electron chi connectivity index (χ2n) is 10.4. The zero-order chi connectivity index (χ0) is 29.3. The summed E-state index contributed by atoms with van der Waals surface area (Å²) in [7, 11) is 1.55. The summed E-state index contributed by atoms with van der Waals surface area (Å²) in [4.78, 5) is 53.9. The molecule has 1 fully saturated rings. The van der Waals surface area contributed by atoms with Crippen LogP contribution in [0.5, 0.6) is 11.5 Å². The number of amides is 2. The highest BCUT2D eigenvalue weighted by Crippen LogP contribution is 2.56. The molecule has 0 saturated carbocycles. The van der Waals surface area contributed by atoms with Gasteiger partial charge in [0.2, 0.25) is 11.8 Å². The molecule has 1 aliphatic carbocycles. The summed E-state index contributed by atoms with van der Waals surface area (Å²) in [6, 6.07) is 22.1. The van der Waals surface area contributed by atoms with Crippen molar-refractivity contribution in [3.8, 4) is 11.5 Å². The molecular weight excluding hydrogens is 560 g/mol. The van der Waals surface area contributed by atoms with Crippen LogP contribution >= 0.6 is 11.6 Å². The van der Waals surface area contributed by atoms with Crippen LogP contribution in [0, 0.1) is 27.9 Å². The molecule has 42 heavy (non-hydrogen) atoms. The topological polar surface area (TPSA) is 116 Å². The van der Waals surface area contributed by atoms with Crippen LogP contribution in [0.4, 0.5) is 11.4 Å². The first-order valence-corrected chi connectivity index (χ1v) is 13.6. The van der Waals surface area contributed by atoms with Crippen LogP contribution in [0.2, 0.25) is 5.02 Å². The average Bonchev–Trinajstić information content (AvgIpc) is 3.26. The Labute approximate surface area is 244 Å². The number of hydrogen-bond donors (Lipinski definition) is 0. The molecule has 1 saturated heterocycles. The largest absolute Gasteiger partial charge is 0.497 e. The lowest BCUT2D eigenvalue weighted by Gasteiger charge is -2.38. The molecule has 2 amide bonds. The number of ether oxygens (including phenoxy) is 2. The number of halogens is 1. The van der Waals surface area contributed by atoms with Gasteiger partial charge in [0, 0.05) is 29.0 Å². The van der Waals surface area contributed by atoms with Crippen LogP contribution < -0.4 is 14.4 Å². The predicted octanol–water partition coefficient (Wildman–Crippen LogP) is 5.93. The summed E-state index contributed by atoms with van der Waals surface area (Å²) in [5.41, 5.74) is 1.59. The molecule has 208 valence electrons. The third-order valence-electron chi connectivity index (χ3n) is 8.37. The highest BCUT2D eigenvalue weighted by Gasteiger charge is 2.60. The van der Waals surface area contributed by atoms with Gasteiger partial charge in [-0.15, -0.1) is 0 Å². The molecule has 0 aromatic heterocycles. The molecular formula is C32H21ClN2O7. The number of non-ortho nitro benzene ring substituents is 1. The Morgan fingerprint density at radius 3 is 2.40 bits per heavy atom. The fraction of sp³-hybridized carbons (Fsp3) is 0.156. The summed E-state index contributed by atoms with van der Waals surface area (Å²) in [5.74, 6) is -4.63. The molecule has 10 heteroatoms. The lowest BCUT2D eigenvalue weighted by Crippen LogP contribution is -2.42. The smallest absolute Gasteiger partial charge is 0.319 e. The van der Waals surface area contributed by atoms with Gasteiger partial charge in [-0.1, -0.05) is 66.2 Å². The Hall–Kier alpha value is -5.02. The molecule has 4 atom stereocenters. The van der Waals surface area contributed by atoms with Crippen LogP contribution in [0.1, 0.15) is 17.0 Å². The molecule has 9 nitrogen and oxygen atoms in total. The molecule has 7 rings (SSSR count). The number of nitro groups is 1. The third kappa shape index (κ3) is 3.74. The average molecular weight is 581 g/mol. The van der Waals surface area contributed by atoms with E-state index in [1.54, 1.807) is 19.2 Å². The minimum absolute atomic E-state index is 0.00170. The van der Waals surface area contributed by atoms with Crippen molar-refractivity contribution in [3.05, 3.63) is 111 Å². The van der Waals surface area contributed by atoms with Gasteiger partial charge in [-0.25, -0.2) is 4.90 Å². The van der Waals surface area contributed by atoms with Crippen molar-refractivity contribution in [1.82, 2.24) is 0 Å². The van der Waals surface area contributed by atoms with E-state index in [2.05, 4.69) is 0 Å². The molecule has 4 aromatic carbocycles. The molecule has 2 heterocycles. The molecule has 0 bridgehead atoms. The number of hydrogen-bond acceptors (Lipinski definition) is 7. The number of benzene rings is 4. The third-order valence-corrected chi connectivity index (χ3v) is 8.69. The fourth-order valence-corrected chi connectivity index (χ4v) is 6.67. The Balaban J connectivity index is 1.44. The summed E-state index contributed by atoms with van der Waals surface area (Å²) in [6.07, 6.45) is 1.88. The lowest BCUT2D eigenvalue weighted by molar-refractivity contribution is -0.384. The molecule has 2 aliphatic heterocycles. The zero-order valence-electron chi connectivity index (χ0n) is 22.0. The van der Waals surface area contributed by atoms with Crippen molar-refractivity contribution < 1.29 is 28.8 Å². The van der Waals surface area contributed by atoms with Gasteiger partial charge < -0.3 is 9.47 Å². The van der Waals surface area contributed by atoms with Crippen molar-refractivity contribution in [2.45, 2.75) is 5.92 Å². The number of fused-ring (bicyclic) bond motifs is 7. The van der Waals surface area contributed by atoms with E-state index < -0.39 is 46.4 Å². The monoisotopic (exact) mass is 580 g/mol. The first-order chi connectivity index (χ1) is 20.3. The SMILES string of the molecule is COc1ccc([C@@H]2C=C3c4ccc5ccccc5c4OC(=O)[C@@H]3[C@@H]3C(=O)N(c4cc([N+](=O)[O-])ccc4Cl)C(=O)[C@H]32)cc1. The van der Waals surface area contributed by atoms with Gasteiger partial charge in [-0.05, 0) is 34.7 Å². The standard InChI is InChI=1S/C32H21ClN2O7/c1-41-19-10-6-17(7-11-19)22-15-23-21-12-8-16-4-2-3-5-20(16)29(21)42-32(38)27(23)28-26(22)30(36)34(31(28)37)25-14-18(35(39)40)9-13-24(25)33/h2-15,22,26-28H,1H3/t22-,26-,27-,28+/m0/s1. The summed E-state index contributed by atoms with van der Waals surface area (Å²) in [6.45, 7) is 0. The lowest BCUT2D eigenvalue weighted by atomic mass is 9.64. The van der Waals surface area contributed by atoms with Gasteiger partial charge >= 0.3 is 5.97 Å². The van der Waals surface area contributed by atoms with Gasteiger partial charge in [-0.2, -0.15) is 0 Å². The molecule has 0 unspecified atom stereocenters. The number of esters is 1. The summed E-state index contributed by atoms with van der Waals surface area (Å²) >= 11 is 6.40. The molecule has 0 radical (unpaired) electrons.